The smallest absolute Gasteiger partial charge is 0.274 e. The van der Waals surface area contributed by atoms with E-state index >= 15 is 0 Å². The van der Waals surface area contributed by atoms with E-state index in [1.165, 1.54) is 12.1 Å². The monoisotopic (exact) mass is 322 g/mol. The fourth-order valence-electron chi connectivity index (χ4n) is 1.77. The lowest BCUT2D eigenvalue weighted by Gasteiger charge is -2.08. The van der Waals surface area contributed by atoms with Crippen LogP contribution >= 0.6 is 24.2 Å². The van der Waals surface area contributed by atoms with E-state index in [4.69, 9.17) is 11.6 Å². The number of amides is 1. The Morgan fingerprint density at radius 1 is 1.29 bits per heavy atom. The summed E-state index contributed by atoms with van der Waals surface area (Å²) < 4.78 is 0. The van der Waals surface area contributed by atoms with E-state index in [-0.39, 0.29) is 16.3 Å². The number of hydrogen-bond acceptors (Lipinski definition) is 4. The number of benzene rings is 2. The number of rotatable bonds is 3. The summed E-state index contributed by atoms with van der Waals surface area (Å²) in [6, 6.07) is 9.24. The number of nitrogens with one attached hydrogen (secondary N) is 1. The first-order valence-electron chi connectivity index (χ1n) is 5.93. The van der Waals surface area contributed by atoms with Gasteiger partial charge in [-0.2, -0.15) is 0 Å². The largest absolute Gasteiger partial charge is 0.322 e. The Balaban J connectivity index is 2.29. The molecule has 2 rings (SSSR count). The summed E-state index contributed by atoms with van der Waals surface area (Å²) in [4.78, 5) is 23.1. The van der Waals surface area contributed by atoms with Crippen LogP contribution < -0.4 is 5.32 Å². The van der Waals surface area contributed by atoms with Gasteiger partial charge in [0.1, 0.15) is 0 Å². The van der Waals surface area contributed by atoms with E-state index in [0.29, 0.717) is 16.1 Å². The topological polar surface area (TPSA) is 72.2 Å². The van der Waals surface area contributed by atoms with Crippen molar-refractivity contribution >= 4 is 41.5 Å². The lowest BCUT2D eigenvalue weighted by Crippen LogP contribution is -2.12. The summed E-state index contributed by atoms with van der Waals surface area (Å²) in [6.45, 7) is 1.63. The van der Waals surface area contributed by atoms with Crippen LogP contribution in [0.5, 0.6) is 0 Å². The number of nitro groups is 1. The predicted octanol–water partition coefficient (Wildman–Crippen LogP) is 4.10. The summed E-state index contributed by atoms with van der Waals surface area (Å²) in [5.74, 6) is -0.450. The predicted molar refractivity (Wildman–Crippen MR) is 84.5 cm³/mol. The lowest BCUT2D eigenvalue weighted by atomic mass is 10.1. The van der Waals surface area contributed by atoms with Crippen molar-refractivity contribution in [2.45, 2.75) is 11.8 Å². The fraction of sp³-hybridized carbons (Fsp3) is 0.0714. The molecular weight excluding hydrogens is 312 g/mol. The molecule has 1 amide bonds. The van der Waals surface area contributed by atoms with Gasteiger partial charge in [-0.05, 0) is 31.2 Å². The van der Waals surface area contributed by atoms with Gasteiger partial charge in [-0.1, -0.05) is 17.7 Å². The molecule has 0 aromatic heterocycles. The molecule has 1 N–H and O–H groups in total. The number of nitrogens with zero attached hydrogens (tertiary/aromatic N) is 1. The van der Waals surface area contributed by atoms with Crippen LogP contribution in [0.15, 0.2) is 41.3 Å². The lowest BCUT2D eigenvalue weighted by molar-refractivity contribution is -0.385. The SMILES string of the molecule is Cc1ccc(NC(=O)c2cc(S)ccc2Cl)cc1[N+](=O)[O-]. The molecule has 2 aromatic carbocycles. The van der Waals surface area contributed by atoms with Crippen molar-refractivity contribution in [1.29, 1.82) is 0 Å². The van der Waals surface area contributed by atoms with E-state index in [9.17, 15) is 14.9 Å². The second-order valence-electron chi connectivity index (χ2n) is 4.38. The highest BCUT2D eigenvalue weighted by atomic mass is 35.5. The molecule has 5 nitrogen and oxygen atoms in total. The molecule has 0 aliphatic rings. The van der Waals surface area contributed by atoms with Gasteiger partial charge in [-0.15, -0.1) is 12.6 Å². The maximum atomic E-state index is 12.2. The molecule has 7 heteroatoms. The van der Waals surface area contributed by atoms with Crippen molar-refractivity contribution in [3.05, 3.63) is 62.7 Å². The zero-order valence-electron chi connectivity index (χ0n) is 11.0. The first-order valence-corrected chi connectivity index (χ1v) is 6.76. The number of aryl methyl sites for hydroxylation is 1. The Kier molecular flexibility index (Phi) is 4.50. The molecule has 0 saturated heterocycles. The highest BCUT2D eigenvalue weighted by Gasteiger charge is 2.15. The summed E-state index contributed by atoms with van der Waals surface area (Å²) in [6.07, 6.45) is 0. The molecule has 0 aliphatic heterocycles. The molecule has 0 atom stereocenters. The number of hydrogen-bond donors (Lipinski definition) is 2. The normalized spacial score (nSPS) is 10.2. The Morgan fingerprint density at radius 3 is 2.67 bits per heavy atom. The average molecular weight is 323 g/mol. The van der Waals surface area contributed by atoms with E-state index in [1.807, 2.05) is 0 Å². The number of carbonyl (C=O) groups is 1. The van der Waals surface area contributed by atoms with Crippen LogP contribution in [0.25, 0.3) is 0 Å². The molecule has 21 heavy (non-hydrogen) atoms. The van der Waals surface area contributed by atoms with E-state index < -0.39 is 10.8 Å². The van der Waals surface area contributed by atoms with E-state index in [2.05, 4.69) is 17.9 Å². The minimum atomic E-state index is -0.494. The Morgan fingerprint density at radius 2 is 2.00 bits per heavy atom. The highest BCUT2D eigenvalue weighted by Crippen LogP contribution is 2.24. The van der Waals surface area contributed by atoms with Crippen LogP contribution in [0, 0.1) is 17.0 Å². The first kappa shape index (κ1) is 15.3. The van der Waals surface area contributed by atoms with Crippen LogP contribution in [0.4, 0.5) is 11.4 Å². The number of thiol groups is 1. The summed E-state index contributed by atoms with van der Waals surface area (Å²) in [7, 11) is 0. The van der Waals surface area contributed by atoms with Crippen molar-refractivity contribution in [2.75, 3.05) is 5.32 Å². The zero-order valence-corrected chi connectivity index (χ0v) is 12.6. The second-order valence-corrected chi connectivity index (χ2v) is 5.30. The quantitative estimate of drug-likeness (QED) is 0.507. The summed E-state index contributed by atoms with van der Waals surface area (Å²) in [5, 5.41) is 13.8. The number of carbonyl (C=O) groups excluding carboxylic acids is 1. The van der Waals surface area contributed by atoms with Crippen molar-refractivity contribution in [3.63, 3.8) is 0 Å². The summed E-state index contributed by atoms with van der Waals surface area (Å²) in [5.41, 5.74) is 1.06. The van der Waals surface area contributed by atoms with Crippen molar-refractivity contribution in [3.8, 4) is 0 Å². The van der Waals surface area contributed by atoms with Gasteiger partial charge in [0, 0.05) is 22.2 Å². The molecule has 0 fully saturated rings. The maximum absolute atomic E-state index is 12.2. The van der Waals surface area contributed by atoms with Crippen molar-refractivity contribution in [2.24, 2.45) is 0 Å². The maximum Gasteiger partial charge on any atom is 0.274 e. The fourth-order valence-corrected chi connectivity index (χ4v) is 2.18. The molecule has 0 aliphatic carbocycles. The zero-order chi connectivity index (χ0) is 15.6. The Labute approximate surface area is 131 Å². The Bertz CT molecular complexity index is 734. The van der Waals surface area contributed by atoms with E-state index in [0.717, 1.165) is 0 Å². The molecule has 0 spiro atoms. The van der Waals surface area contributed by atoms with Gasteiger partial charge in [0.2, 0.25) is 0 Å². The number of nitro benzene ring substituents is 1. The molecule has 0 heterocycles. The standard InChI is InChI=1S/C14H11ClN2O3S/c1-8-2-3-9(6-13(8)17(19)20)16-14(18)11-7-10(21)4-5-12(11)15/h2-7,21H,1H3,(H,16,18). The van der Waals surface area contributed by atoms with Gasteiger partial charge in [0.05, 0.1) is 15.5 Å². The van der Waals surface area contributed by atoms with Gasteiger partial charge >= 0.3 is 0 Å². The first-order chi connectivity index (χ1) is 9.88. The minimum Gasteiger partial charge on any atom is -0.322 e. The molecule has 0 saturated carbocycles. The van der Waals surface area contributed by atoms with Crippen molar-refractivity contribution in [1.82, 2.24) is 0 Å². The molecule has 108 valence electrons. The van der Waals surface area contributed by atoms with Gasteiger partial charge in [-0.3, -0.25) is 14.9 Å². The van der Waals surface area contributed by atoms with Gasteiger partial charge in [-0.25, -0.2) is 0 Å². The van der Waals surface area contributed by atoms with Crippen LogP contribution in [-0.2, 0) is 0 Å². The molecule has 2 aromatic rings. The van der Waals surface area contributed by atoms with Crippen molar-refractivity contribution < 1.29 is 9.72 Å². The number of halogens is 1. The average Bonchev–Trinajstić information content (AvgIpc) is 2.43. The third kappa shape index (κ3) is 3.53. The molecular formula is C14H11ClN2O3S. The van der Waals surface area contributed by atoms with Crippen LogP contribution in [0.2, 0.25) is 5.02 Å². The number of anilines is 1. The van der Waals surface area contributed by atoms with E-state index in [1.54, 1.807) is 31.2 Å². The van der Waals surface area contributed by atoms with Gasteiger partial charge in [0.25, 0.3) is 11.6 Å². The third-order valence-corrected chi connectivity index (χ3v) is 3.47. The molecule has 0 unspecified atom stereocenters. The second kappa shape index (κ2) is 6.15. The van der Waals surface area contributed by atoms with Crippen LogP contribution in [-0.4, -0.2) is 10.8 Å². The van der Waals surface area contributed by atoms with Crippen LogP contribution in [0.1, 0.15) is 15.9 Å². The minimum absolute atomic E-state index is 0.0538. The van der Waals surface area contributed by atoms with Gasteiger partial charge in [0.15, 0.2) is 0 Å². The summed E-state index contributed by atoms with van der Waals surface area (Å²) >= 11 is 10.1. The molecule has 0 bridgehead atoms. The third-order valence-electron chi connectivity index (χ3n) is 2.86. The highest BCUT2D eigenvalue weighted by molar-refractivity contribution is 7.80. The van der Waals surface area contributed by atoms with Gasteiger partial charge < -0.3 is 5.32 Å². The molecule has 0 radical (unpaired) electrons. The van der Waals surface area contributed by atoms with Crippen LogP contribution in [0.3, 0.4) is 0 Å². The Hall–Kier alpha value is -2.05.